The molecule has 4 atom stereocenters. The predicted molar refractivity (Wildman–Crippen MR) is 107 cm³/mol. The molecule has 2 fully saturated rings. The number of carboxylic acid groups (broad SMARTS) is 2. The first kappa shape index (κ1) is 25.5. The highest BCUT2D eigenvalue weighted by atomic mass is 16.6. The molecule has 10 heteroatoms. The summed E-state index contributed by atoms with van der Waals surface area (Å²) in [5, 5.41) is 17.5. The predicted octanol–water partition coefficient (Wildman–Crippen LogP) is 2.65. The van der Waals surface area contributed by atoms with Gasteiger partial charge in [0.1, 0.15) is 11.2 Å². The zero-order chi connectivity index (χ0) is 23.6. The van der Waals surface area contributed by atoms with Crippen molar-refractivity contribution in [2.24, 2.45) is 11.8 Å². The molecule has 0 aromatic rings. The third-order valence-electron chi connectivity index (χ3n) is 4.83. The number of nitrogens with zero attached hydrogens (tertiary/aromatic N) is 2. The molecule has 172 valence electrons. The fourth-order valence-electron chi connectivity index (χ4n) is 2.91. The first-order valence-corrected chi connectivity index (χ1v) is 9.89. The van der Waals surface area contributed by atoms with E-state index >= 15 is 0 Å². The summed E-state index contributed by atoms with van der Waals surface area (Å²) in [7, 11) is 0. The molecule has 0 bridgehead atoms. The molecule has 2 heterocycles. The van der Waals surface area contributed by atoms with Gasteiger partial charge in [-0.15, -0.1) is 0 Å². The van der Waals surface area contributed by atoms with Crippen LogP contribution in [0.2, 0.25) is 0 Å². The minimum atomic E-state index is -0.859. The Bertz CT molecular complexity index is 621. The third-order valence-corrected chi connectivity index (χ3v) is 4.83. The van der Waals surface area contributed by atoms with Crippen molar-refractivity contribution in [2.45, 2.75) is 78.7 Å². The molecule has 0 unspecified atom stereocenters. The Labute approximate surface area is 177 Å². The zero-order valence-corrected chi connectivity index (χ0v) is 19.0. The van der Waals surface area contributed by atoms with Crippen LogP contribution in [0.15, 0.2) is 0 Å². The van der Waals surface area contributed by atoms with Crippen molar-refractivity contribution in [1.29, 1.82) is 0 Å². The summed E-state index contributed by atoms with van der Waals surface area (Å²) in [5.74, 6) is -2.64. The topological polar surface area (TPSA) is 134 Å². The fourth-order valence-corrected chi connectivity index (χ4v) is 2.91. The normalized spacial score (nSPS) is 25.7. The number of hydrogen-bond acceptors (Lipinski definition) is 6. The van der Waals surface area contributed by atoms with Crippen LogP contribution in [-0.4, -0.2) is 80.5 Å². The molecule has 0 aromatic heterocycles. The van der Waals surface area contributed by atoms with Gasteiger partial charge in [-0.1, -0.05) is 0 Å². The summed E-state index contributed by atoms with van der Waals surface area (Å²) in [6.45, 7) is 14.6. The van der Waals surface area contributed by atoms with Gasteiger partial charge in [0.2, 0.25) is 0 Å². The molecular formula is C20H34N2O8. The zero-order valence-electron chi connectivity index (χ0n) is 19.0. The summed E-state index contributed by atoms with van der Waals surface area (Å²) in [6.07, 6.45) is -0.875. The number of rotatable bonds is 2. The molecule has 2 rings (SSSR count). The van der Waals surface area contributed by atoms with Crippen molar-refractivity contribution in [2.75, 3.05) is 13.1 Å². The van der Waals surface area contributed by atoms with Crippen LogP contribution in [0.25, 0.3) is 0 Å². The van der Waals surface area contributed by atoms with Crippen LogP contribution >= 0.6 is 0 Å². The smallest absolute Gasteiger partial charge is 0.410 e. The number of hydrogen-bond donors (Lipinski definition) is 2. The maximum Gasteiger partial charge on any atom is 0.410 e. The second-order valence-electron chi connectivity index (χ2n) is 9.64. The average molecular weight is 430 g/mol. The van der Waals surface area contributed by atoms with Crippen LogP contribution < -0.4 is 0 Å². The van der Waals surface area contributed by atoms with Gasteiger partial charge in [-0.3, -0.25) is 9.59 Å². The highest BCUT2D eigenvalue weighted by Crippen LogP contribution is 2.27. The van der Waals surface area contributed by atoms with E-state index < -0.39 is 47.2 Å². The van der Waals surface area contributed by atoms with Crippen molar-refractivity contribution in [3.8, 4) is 0 Å². The van der Waals surface area contributed by atoms with Gasteiger partial charge in [-0.05, 0) is 55.4 Å². The maximum atomic E-state index is 11.5. The van der Waals surface area contributed by atoms with Gasteiger partial charge in [0.05, 0.1) is 11.8 Å². The van der Waals surface area contributed by atoms with Gasteiger partial charge in [-0.2, -0.15) is 0 Å². The van der Waals surface area contributed by atoms with Gasteiger partial charge >= 0.3 is 24.1 Å². The van der Waals surface area contributed by atoms with Crippen LogP contribution in [0.4, 0.5) is 9.59 Å². The lowest BCUT2D eigenvalue weighted by molar-refractivity contribution is -0.151. The Morgan fingerprint density at radius 2 is 0.967 bits per heavy atom. The Morgan fingerprint density at radius 3 is 1.13 bits per heavy atom. The van der Waals surface area contributed by atoms with Crippen LogP contribution in [0.5, 0.6) is 0 Å². The SMILES string of the molecule is C[C@@H]1[C@H](C(=O)O)CN1C(=O)OC(C)(C)C.C[C@H]1[C@@H](C(=O)O)CN1C(=O)OC(C)(C)C. The van der Waals surface area contributed by atoms with E-state index in [9.17, 15) is 19.2 Å². The number of carbonyl (C=O) groups is 4. The molecule has 2 N–H and O–H groups in total. The molecule has 30 heavy (non-hydrogen) atoms. The second kappa shape index (κ2) is 9.09. The second-order valence-corrected chi connectivity index (χ2v) is 9.64. The van der Waals surface area contributed by atoms with Gasteiger partial charge in [0.25, 0.3) is 0 Å². The Morgan fingerprint density at radius 1 is 0.700 bits per heavy atom. The molecule has 0 saturated carbocycles. The number of aliphatic carboxylic acids is 2. The molecule has 2 aliphatic rings. The van der Waals surface area contributed by atoms with Crippen LogP contribution in [-0.2, 0) is 19.1 Å². The fraction of sp³-hybridized carbons (Fsp3) is 0.800. The monoisotopic (exact) mass is 430 g/mol. The molecule has 0 aliphatic carbocycles. The highest BCUT2D eigenvalue weighted by Gasteiger charge is 2.45. The molecule has 10 nitrogen and oxygen atoms in total. The van der Waals surface area contributed by atoms with E-state index in [0.29, 0.717) is 0 Å². The van der Waals surface area contributed by atoms with Gasteiger partial charge < -0.3 is 29.5 Å². The first-order chi connectivity index (χ1) is 13.4. The Kier molecular flexibility index (Phi) is 7.73. The van der Waals surface area contributed by atoms with Crippen molar-refractivity contribution in [1.82, 2.24) is 9.80 Å². The van der Waals surface area contributed by atoms with E-state index in [1.807, 2.05) is 0 Å². The van der Waals surface area contributed by atoms with Crippen molar-refractivity contribution in [3.05, 3.63) is 0 Å². The first-order valence-electron chi connectivity index (χ1n) is 9.89. The van der Waals surface area contributed by atoms with Gasteiger partial charge in [0, 0.05) is 25.2 Å². The van der Waals surface area contributed by atoms with E-state index in [0.717, 1.165) is 0 Å². The lowest BCUT2D eigenvalue weighted by atomic mass is 9.91. The summed E-state index contributed by atoms with van der Waals surface area (Å²) >= 11 is 0. The summed E-state index contributed by atoms with van der Waals surface area (Å²) in [4.78, 5) is 47.3. The van der Waals surface area contributed by atoms with Crippen LogP contribution in [0.1, 0.15) is 55.4 Å². The minimum Gasteiger partial charge on any atom is -0.481 e. The number of likely N-dealkylation sites (tertiary alicyclic amines) is 2. The summed E-state index contributed by atoms with van der Waals surface area (Å²) < 4.78 is 10.3. The number of ether oxygens (including phenoxy) is 2. The minimum absolute atomic E-state index is 0.241. The number of amides is 2. The van der Waals surface area contributed by atoms with Gasteiger partial charge in [-0.25, -0.2) is 9.59 Å². The Hall–Kier alpha value is -2.52. The Balaban J connectivity index is 0.000000300. The van der Waals surface area contributed by atoms with E-state index in [1.54, 1.807) is 55.4 Å². The molecule has 2 aliphatic heterocycles. The third kappa shape index (κ3) is 6.77. The average Bonchev–Trinajstić information content (AvgIpc) is 2.48. The molecule has 2 saturated heterocycles. The molecule has 0 radical (unpaired) electrons. The number of carbonyl (C=O) groups excluding carboxylic acids is 2. The largest absolute Gasteiger partial charge is 0.481 e. The quantitative estimate of drug-likeness (QED) is 0.683. The van der Waals surface area contributed by atoms with E-state index in [2.05, 4.69) is 0 Å². The summed E-state index contributed by atoms with van der Waals surface area (Å²) in [6, 6.07) is -0.560. The molecule has 0 aromatic carbocycles. The number of carboxylic acids is 2. The van der Waals surface area contributed by atoms with Crippen LogP contribution in [0, 0.1) is 11.8 Å². The standard InChI is InChI=1S/2C10H17NO4/c2*1-6-7(8(12)13)5-11(6)9(14)15-10(2,3)4/h2*6-7H,5H2,1-4H3,(H,12,13)/t2*6-,7-/m10/s1. The van der Waals surface area contributed by atoms with Crippen molar-refractivity contribution >= 4 is 24.1 Å². The molecule has 0 spiro atoms. The van der Waals surface area contributed by atoms with E-state index in [1.165, 1.54) is 9.80 Å². The van der Waals surface area contributed by atoms with E-state index in [4.69, 9.17) is 19.7 Å². The van der Waals surface area contributed by atoms with Crippen molar-refractivity contribution < 1.29 is 38.9 Å². The van der Waals surface area contributed by atoms with Gasteiger partial charge in [0.15, 0.2) is 0 Å². The van der Waals surface area contributed by atoms with Crippen LogP contribution in [0.3, 0.4) is 0 Å². The molecular weight excluding hydrogens is 396 g/mol. The van der Waals surface area contributed by atoms with E-state index in [-0.39, 0.29) is 25.2 Å². The summed E-state index contributed by atoms with van der Waals surface area (Å²) in [5.41, 5.74) is -1.07. The maximum absolute atomic E-state index is 11.5. The lowest BCUT2D eigenvalue weighted by Gasteiger charge is -2.43. The van der Waals surface area contributed by atoms with Crippen molar-refractivity contribution in [3.63, 3.8) is 0 Å². The lowest BCUT2D eigenvalue weighted by Crippen LogP contribution is -2.60. The highest BCUT2D eigenvalue weighted by molar-refractivity contribution is 5.78. The molecule has 2 amide bonds.